The Kier molecular flexibility index (Phi) is 6.56. The van der Waals surface area contributed by atoms with Crippen LogP contribution in [0.1, 0.15) is 21.5 Å². The molecule has 29 heavy (non-hydrogen) atoms. The standard InChI is InChI=1S/C21H26N2O5S/c1-16-4-9-20(27-2)18(14-16)15-22-10-12-23(13-11-22)29(25,26)19-7-5-17(6-8-19)21(24)28-3/h4-9,14H,10-13,15H2,1-3H3. The fourth-order valence-corrected chi connectivity index (χ4v) is 4.85. The molecule has 1 heterocycles. The zero-order valence-electron chi connectivity index (χ0n) is 16.9. The van der Waals surface area contributed by atoms with E-state index in [-0.39, 0.29) is 4.90 Å². The molecule has 2 aromatic rings. The third kappa shape index (κ3) is 4.77. The summed E-state index contributed by atoms with van der Waals surface area (Å²) in [4.78, 5) is 13.9. The van der Waals surface area contributed by atoms with Crippen LogP contribution in [0.5, 0.6) is 5.75 Å². The van der Waals surface area contributed by atoms with Crippen molar-refractivity contribution in [2.45, 2.75) is 18.4 Å². The maximum Gasteiger partial charge on any atom is 0.337 e. The monoisotopic (exact) mass is 418 g/mol. The lowest BCUT2D eigenvalue weighted by atomic mass is 10.1. The summed E-state index contributed by atoms with van der Waals surface area (Å²) in [6, 6.07) is 11.9. The summed E-state index contributed by atoms with van der Waals surface area (Å²) in [7, 11) is -0.650. The normalized spacial score (nSPS) is 15.8. The molecule has 0 atom stereocenters. The third-order valence-electron chi connectivity index (χ3n) is 5.07. The number of rotatable bonds is 6. The molecule has 0 aromatic heterocycles. The molecule has 0 spiro atoms. The molecule has 1 saturated heterocycles. The molecule has 1 aliphatic heterocycles. The fourth-order valence-electron chi connectivity index (χ4n) is 3.43. The Morgan fingerprint density at radius 3 is 2.24 bits per heavy atom. The summed E-state index contributed by atoms with van der Waals surface area (Å²) in [6.45, 7) is 4.85. The molecule has 7 nitrogen and oxygen atoms in total. The van der Waals surface area contributed by atoms with Crippen molar-refractivity contribution in [3.8, 4) is 5.75 Å². The predicted octanol–water partition coefficient (Wildman–Crippen LogP) is 2.30. The number of hydrogen-bond donors (Lipinski definition) is 0. The molecular weight excluding hydrogens is 392 g/mol. The molecule has 3 rings (SSSR count). The van der Waals surface area contributed by atoms with Crippen molar-refractivity contribution in [1.82, 2.24) is 9.21 Å². The van der Waals surface area contributed by atoms with Crippen molar-refractivity contribution in [2.24, 2.45) is 0 Å². The van der Waals surface area contributed by atoms with Gasteiger partial charge in [-0.3, -0.25) is 4.90 Å². The first-order valence-electron chi connectivity index (χ1n) is 9.39. The number of ether oxygens (including phenoxy) is 2. The number of carbonyl (C=O) groups is 1. The van der Waals surface area contributed by atoms with Gasteiger partial charge in [0.15, 0.2) is 0 Å². The van der Waals surface area contributed by atoms with E-state index in [0.29, 0.717) is 38.3 Å². The van der Waals surface area contributed by atoms with E-state index < -0.39 is 16.0 Å². The average molecular weight is 419 g/mol. The minimum Gasteiger partial charge on any atom is -0.496 e. The number of piperazine rings is 1. The lowest BCUT2D eigenvalue weighted by molar-refractivity contribution is 0.0600. The van der Waals surface area contributed by atoms with E-state index in [1.807, 2.05) is 19.1 Å². The molecule has 0 aliphatic carbocycles. The van der Waals surface area contributed by atoms with Crippen LogP contribution >= 0.6 is 0 Å². The van der Waals surface area contributed by atoms with Crippen LogP contribution in [0.25, 0.3) is 0 Å². The van der Waals surface area contributed by atoms with Crippen LogP contribution in [0, 0.1) is 6.92 Å². The number of esters is 1. The molecule has 1 fully saturated rings. The van der Waals surface area contributed by atoms with Crippen LogP contribution in [-0.4, -0.2) is 64.0 Å². The Labute approximate surface area is 171 Å². The summed E-state index contributed by atoms with van der Waals surface area (Å²) in [6.07, 6.45) is 0. The number of hydrogen-bond acceptors (Lipinski definition) is 6. The molecule has 0 saturated carbocycles. The zero-order chi connectivity index (χ0) is 21.0. The Morgan fingerprint density at radius 1 is 1.00 bits per heavy atom. The van der Waals surface area contributed by atoms with Crippen LogP contribution in [0.3, 0.4) is 0 Å². The zero-order valence-corrected chi connectivity index (χ0v) is 17.7. The highest BCUT2D eigenvalue weighted by atomic mass is 32.2. The minimum absolute atomic E-state index is 0.180. The SMILES string of the molecule is COC(=O)c1ccc(S(=O)(=O)N2CCN(Cc3cc(C)ccc3OC)CC2)cc1. The molecule has 0 N–H and O–H groups in total. The first-order valence-corrected chi connectivity index (χ1v) is 10.8. The van der Waals surface area contributed by atoms with Gasteiger partial charge in [0, 0.05) is 38.3 Å². The molecule has 156 valence electrons. The smallest absolute Gasteiger partial charge is 0.337 e. The van der Waals surface area contributed by atoms with Crippen molar-refractivity contribution < 1.29 is 22.7 Å². The van der Waals surface area contributed by atoms with Gasteiger partial charge in [-0.1, -0.05) is 17.7 Å². The van der Waals surface area contributed by atoms with E-state index in [2.05, 4.69) is 15.7 Å². The maximum absolute atomic E-state index is 12.9. The van der Waals surface area contributed by atoms with Crippen LogP contribution < -0.4 is 4.74 Å². The lowest BCUT2D eigenvalue weighted by Gasteiger charge is -2.34. The van der Waals surface area contributed by atoms with Crippen molar-refractivity contribution in [3.05, 3.63) is 59.2 Å². The minimum atomic E-state index is -3.60. The Hall–Kier alpha value is -2.42. The van der Waals surface area contributed by atoms with E-state index >= 15 is 0 Å². The molecular formula is C21H26N2O5S. The topological polar surface area (TPSA) is 76.2 Å². The van der Waals surface area contributed by atoms with E-state index in [1.54, 1.807) is 7.11 Å². The van der Waals surface area contributed by atoms with Crippen LogP contribution in [-0.2, 0) is 21.3 Å². The van der Waals surface area contributed by atoms with Crippen molar-refractivity contribution in [3.63, 3.8) is 0 Å². The average Bonchev–Trinajstić information content (AvgIpc) is 2.74. The molecule has 0 radical (unpaired) electrons. The highest BCUT2D eigenvalue weighted by molar-refractivity contribution is 7.89. The number of sulfonamides is 1. The van der Waals surface area contributed by atoms with Crippen molar-refractivity contribution in [2.75, 3.05) is 40.4 Å². The molecule has 0 unspecified atom stereocenters. The largest absolute Gasteiger partial charge is 0.496 e. The number of aryl methyl sites for hydroxylation is 1. The molecule has 0 amide bonds. The third-order valence-corrected chi connectivity index (χ3v) is 6.99. The summed E-state index contributed by atoms with van der Waals surface area (Å²) >= 11 is 0. The highest BCUT2D eigenvalue weighted by Gasteiger charge is 2.29. The van der Waals surface area contributed by atoms with Crippen LogP contribution in [0.2, 0.25) is 0 Å². The van der Waals surface area contributed by atoms with Crippen LogP contribution in [0.15, 0.2) is 47.4 Å². The van der Waals surface area contributed by atoms with Gasteiger partial charge in [0.2, 0.25) is 10.0 Å². The summed E-state index contributed by atoms with van der Waals surface area (Å²) in [5.41, 5.74) is 2.59. The molecule has 8 heteroatoms. The first kappa shape index (κ1) is 21.3. The highest BCUT2D eigenvalue weighted by Crippen LogP contribution is 2.23. The maximum atomic E-state index is 12.9. The lowest BCUT2D eigenvalue weighted by Crippen LogP contribution is -2.48. The number of nitrogens with zero attached hydrogens (tertiary/aromatic N) is 2. The summed E-state index contributed by atoms with van der Waals surface area (Å²) in [5, 5.41) is 0. The molecule has 2 aromatic carbocycles. The quantitative estimate of drug-likeness (QED) is 0.670. The summed E-state index contributed by atoms with van der Waals surface area (Å²) < 4.78 is 37.4. The van der Waals surface area contributed by atoms with Gasteiger partial charge >= 0.3 is 5.97 Å². The number of benzene rings is 2. The van der Waals surface area contributed by atoms with Crippen molar-refractivity contribution >= 4 is 16.0 Å². The van der Waals surface area contributed by atoms with E-state index in [4.69, 9.17) is 4.74 Å². The second kappa shape index (κ2) is 8.94. The van der Waals surface area contributed by atoms with Gasteiger partial charge in [-0.15, -0.1) is 0 Å². The Balaban J connectivity index is 1.65. The van der Waals surface area contributed by atoms with Gasteiger partial charge < -0.3 is 9.47 Å². The number of methoxy groups -OCH3 is 2. The Morgan fingerprint density at radius 2 is 1.66 bits per heavy atom. The van der Waals surface area contributed by atoms with Crippen molar-refractivity contribution in [1.29, 1.82) is 0 Å². The van der Waals surface area contributed by atoms with Gasteiger partial charge in [-0.05, 0) is 37.3 Å². The summed E-state index contributed by atoms with van der Waals surface area (Å²) in [5.74, 6) is 0.352. The molecule has 1 aliphatic rings. The van der Waals surface area contributed by atoms with Crippen LogP contribution in [0.4, 0.5) is 0 Å². The van der Waals surface area contributed by atoms with E-state index in [1.165, 1.54) is 35.7 Å². The first-order chi connectivity index (χ1) is 13.8. The van der Waals surface area contributed by atoms with Gasteiger partial charge in [0.1, 0.15) is 5.75 Å². The van der Waals surface area contributed by atoms with Gasteiger partial charge in [0.25, 0.3) is 0 Å². The number of carbonyl (C=O) groups excluding carboxylic acids is 1. The van der Waals surface area contributed by atoms with E-state index in [0.717, 1.165) is 16.9 Å². The Bertz CT molecular complexity index is 965. The fraction of sp³-hybridized carbons (Fsp3) is 0.381. The van der Waals surface area contributed by atoms with Gasteiger partial charge in [-0.2, -0.15) is 4.31 Å². The predicted molar refractivity (Wildman–Crippen MR) is 110 cm³/mol. The van der Waals surface area contributed by atoms with Gasteiger partial charge in [-0.25, -0.2) is 13.2 Å². The molecule has 0 bridgehead atoms. The van der Waals surface area contributed by atoms with E-state index in [9.17, 15) is 13.2 Å². The second-order valence-electron chi connectivity index (χ2n) is 7.01. The second-order valence-corrected chi connectivity index (χ2v) is 8.95. The van der Waals surface area contributed by atoms with Gasteiger partial charge in [0.05, 0.1) is 24.7 Å².